The van der Waals surface area contributed by atoms with Crippen molar-refractivity contribution < 1.29 is 28.7 Å². The van der Waals surface area contributed by atoms with Crippen LogP contribution < -0.4 is 10.6 Å². The molecule has 4 amide bonds. The molecule has 0 saturated carbocycles. The summed E-state index contributed by atoms with van der Waals surface area (Å²) in [5, 5.41) is 5.41. The van der Waals surface area contributed by atoms with Crippen molar-refractivity contribution in [3.05, 3.63) is 83.7 Å². The Morgan fingerprint density at radius 3 is 1.69 bits per heavy atom. The molecule has 0 aliphatic carbocycles. The normalized spacial score (nSPS) is 18.7. The summed E-state index contributed by atoms with van der Waals surface area (Å²) in [6.45, 7) is 10.9. The molecule has 306 valence electrons. The fourth-order valence-electron chi connectivity index (χ4n) is 7.87. The predicted molar refractivity (Wildman–Crippen MR) is 219 cm³/mol. The minimum atomic E-state index is -0.701. The molecule has 2 fully saturated rings. The number of amides is 4. The van der Waals surface area contributed by atoms with Gasteiger partial charge in [-0.05, 0) is 72.4 Å². The first kappa shape index (κ1) is 41.5. The van der Waals surface area contributed by atoms with E-state index in [9.17, 15) is 19.2 Å². The van der Waals surface area contributed by atoms with Gasteiger partial charge in [-0.1, -0.05) is 77.1 Å². The number of carbonyl (C=O) groups excluding carboxylic acids is 4. The minimum absolute atomic E-state index is 0.107. The molecule has 4 heterocycles. The van der Waals surface area contributed by atoms with E-state index in [1.807, 2.05) is 81.1 Å². The molecule has 0 radical (unpaired) electrons. The molecule has 5 atom stereocenters. The van der Waals surface area contributed by atoms with E-state index >= 15 is 0 Å². The maximum absolute atomic E-state index is 13.8. The van der Waals surface area contributed by atoms with Gasteiger partial charge in [0.25, 0.3) is 0 Å². The third-order valence-electron chi connectivity index (χ3n) is 11.2. The topological polar surface area (TPSA) is 175 Å². The third kappa shape index (κ3) is 9.20. The number of aromatic nitrogens is 4. The van der Waals surface area contributed by atoms with Crippen LogP contribution in [0.2, 0.25) is 0 Å². The average Bonchev–Trinajstić information content (AvgIpc) is 4.07. The molecule has 2 aromatic heterocycles. The Morgan fingerprint density at radius 2 is 1.21 bits per heavy atom. The molecule has 58 heavy (non-hydrogen) atoms. The Hall–Kier alpha value is -6.10. The van der Waals surface area contributed by atoms with Crippen LogP contribution in [0.3, 0.4) is 0 Å². The summed E-state index contributed by atoms with van der Waals surface area (Å²) in [4.78, 5) is 71.2. The van der Waals surface area contributed by atoms with Crippen molar-refractivity contribution in [1.82, 2.24) is 40.4 Å². The molecule has 4 N–H and O–H groups in total. The monoisotopic (exact) mass is 790 g/mol. The Kier molecular flexibility index (Phi) is 13.2. The van der Waals surface area contributed by atoms with Crippen molar-refractivity contribution in [2.45, 2.75) is 84.5 Å². The maximum atomic E-state index is 13.8. The van der Waals surface area contributed by atoms with E-state index in [1.165, 1.54) is 14.2 Å². The molecule has 2 aliphatic heterocycles. The van der Waals surface area contributed by atoms with E-state index in [2.05, 4.69) is 44.4 Å². The zero-order chi connectivity index (χ0) is 41.5. The Morgan fingerprint density at radius 1 is 0.724 bits per heavy atom. The van der Waals surface area contributed by atoms with Crippen molar-refractivity contribution in [1.29, 1.82) is 0 Å². The number of hydrogen-bond donors (Lipinski definition) is 4. The van der Waals surface area contributed by atoms with E-state index in [1.54, 1.807) is 17.3 Å². The van der Waals surface area contributed by atoms with Gasteiger partial charge in [0.15, 0.2) is 0 Å². The largest absolute Gasteiger partial charge is 0.453 e. The second kappa shape index (κ2) is 18.4. The molecule has 6 rings (SSSR count). The first-order chi connectivity index (χ1) is 27.9. The summed E-state index contributed by atoms with van der Waals surface area (Å²) >= 11 is 0. The lowest BCUT2D eigenvalue weighted by Gasteiger charge is -2.31. The van der Waals surface area contributed by atoms with Crippen LogP contribution in [-0.2, 0) is 19.1 Å². The summed E-state index contributed by atoms with van der Waals surface area (Å²) in [6, 6.07) is 14.0. The highest BCUT2D eigenvalue weighted by Gasteiger charge is 2.42. The summed E-state index contributed by atoms with van der Waals surface area (Å²) in [6.07, 6.45) is 5.70. The van der Waals surface area contributed by atoms with Crippen molar-refractivity contribution >= 4 is 24.0 Å². The van der Waals surface area contributed by atoms with E-state index in [4.69, 9.17) is 14.5 Å². The fraction of sp³-hybridized carbons (Fsp3) is 0.455. The second-order valence-electron chi connectivity index (χ2n) is 15.6. The minimum Gasteiger partial charge on any atom is -0.453 e. The number of hydrogen-bond acceptors (Lipinski definition) is 8. The van der Waals surface area contributed by atoms with Crippen molar-refractivity contribution in [2.75, 3.05) is 27.3 Å². The van der Waals surface area contributed by atoms with Gasteiger partial charge in [-0.15, -0.1) is 0 Å². The van der Waals surface area contributed by atoms with Gasteiger partial charge < -0.3 is 39.9 Å². The fourth-order valence-corrected chi connectivity index (χ4v) is 7.87. The molecule has 14 nitrogen and oxygen atoms in total. The molecule has 2 aliphatic rings. The summed E-state index contributed by atoms with van der Waals surface area (Å²) < 4.78 is 9.54. The molecule has 2 aromatic carbocycles. The van der Waals surface area contributed by atoms with Crippen LogP contribution in [0.1, 0.15) is 95.2 Å². The lowest BCUT2D eigenvalue weighted by Crippen LogP contribution is -2.51. The van der Waals surface area contributed by atoms with Gasteiger partial charge in [0, 0.05) is 24.2 Å². The number of methoxy groups -OCH3 is 2. The van der Waals surface area contributed by atoms with Gasteiger partial charge in [0.1, 0.15) is 23.7 Å². The Bertz CT molecular complexity index is 2130. The van der Waals surface area contributed by atoms with Crippen LogP contribution in [0.5, 0.6) is 0 Å². The van der Waals surface area contributed by atoms with Gasteiger partial charge in [0.05, 0.1) is 50.1 Å². The van der Waals surface area contributed by atoms with E-state index in [0.717, 1.165) is 65.1 Å². The number of benzene rings is 2. The molecule has 4 aromatic rings. The quantitative estimate of drug-likeness (QED) is 0.123. The molecule has 1 unspecified atom stereocenters. The van der Waals surface area contributed by atoms with Gasteiger partial charge in [0.2, 0.25) is 11.8 Å². The standard InChI is InChI=1S/C44H54N8O6/c1-8-30-21-23-52(42(54)37(27(4)5)50-44(56)58-7)38(30)40-46-25-34(48-40)32-19-15-29(16-20-32)12-11-28-13-17-31(18-14-28)33-24-45-39(47-33)35-10-9-22-51(35)41(53)36(26(2)3)49-43(55)57-6/h13-20,24-27,30,35-38H,8-10,21-23H2,1-7H3,(H,45,47)(H,46,48)(H,49,55)(H,50,56)/t30-,35+,36?,37+,38+/m1/s1. The summed E-state index contributed by atoms with van der Waals surface area (Å²) in [5.74, 6) is 7.68. The summed E-state index contributed by atoms with van der Waals surface area (Å²) in [7, 11) is 2.58. The van der Waals surface area contributed by atoms with Crippen LogP contribution in [0.25, 0.3) is 22.5 Å². The number of H-pyrrole nitrogens is 2. The van der Waals surface area contributed by atoms with Gasteiger partial charge >= 0.3 is 12.2 Å². The van der Waals surface area contributed by atoms with E-state index in [-0.39, 0.29) is 41.7 Å². The van der Waals surface area contributed by atoms with Crippen LogP contribution in [0.4, 0.5) is 9.59 Å². The number of nitrogens with zero attached hydrogens (tertiary/aromatic N) is 4. The summed E-state index contributed by atoms with van der Waals surface area (Å²) in [5.41, 5.74) is 5.30. The third-order valence-corrected chi connectivity index (χ3v) is 11.2. The van der Waals surface area contributed by atoms with Crippen molar-refractivity contribution in [3.63, 3.8) is 0 Å². The second-order valence-corrected chi connectivity index (χ2v) is 15.6. The zero-order valence-corrected chi connectivity index (χ0v) is 34.3. The maximum Gasteiger partial charge on any atom is 0.407 e. The molecule has 2 saturated heterocycles. The Labute approximate surface area is 339 Å². The number of rotatable bonds is 11. The number of alkyl carbamates (subject to hydrolysis) is 2. The van der Waals surface area contributed by atoms with Crippen molar-refractivity contribution in [2.24, 2.45) is 17.8 Å². The Balaban J connectivity index is 1.10. The van der Waals surface area contributed by atoms with Crippen LogP contribution in [0, 0.1) is 29.6 Å². The van der Waals surface area contributed by atoms with Crippen LogP contribution in [0.15, 0.2) is 60.9 Å². The van der Waals surface area contributed by atoms with E-state index in [0.29, 0.717) is 18.9 Å². The molecule has 14 heteroatoms. The number of nitrogens with one attached hydrogen (secondary N) is 4. The van der Waals surface area contributed by atoms with Crippen LogP contribution >= 0.6 is 0 Å². The SMILES string of the molecule is CC[C@@H]1CCN(C(=O)[C@@H](NC(=O)OC)C(C)C)[C@@H]1c1ncc(-c2ccc(C#Cc3ccc(-c4cnc([C@@H]5CCCN5C(=O)C(NC(=O)OC)C(C)C)[nH]4)cc3)cc2)[nH]1. The number of likely N-dealkylation sites (tertiary alicyclic amines) is 2. The smallest absolute Gasteiger partial charge is 0.407 e. The lowest BCUT2D eigenvalue weighted by molar-refractivity contribution is -0.136. The molecule has 0 bridgehead atoms. The van der Waals surface area contributed by atoms with E-state index < -0.39 is 24.3 Å². The molecular formula is C44H54N8O6. The van der Waals surface area contributed by atoms with Gasteiger partial charge in [-0.2, -0.15) is 0 Å². The van der Waals surface area contributed by atoms with Crippen molar-refractivity contribution in [3.8, 4) is 34.4 Å². The highest BCUT2D eigenvalue weighted by molar-refractivity contribution is 5.87. The average molecular weight is 791 g/mol. The first-order valence-electron chi connectivity index (χ1n) is 20.0. The molecular weight excluding hydrogens is 737 g/mol. The van der Waals surface area contributed by atoms with Gasteiger partial charge in [-0.25, -0.2) is 19.6 Å². The highest BCUT2D eigenvalue weighted by Crippen LogP contribution is 2.39. The lowest BCUT2D eigenvalue weighted by atomic mass is 9.96. The van der Waals surface area contributed by atoms with Crippen LogP contribution in [-0.4, -0.2) is 93.1 Å². The molecule has 0 spiro atoms. The number of aromatic amines is 2. The number of carbonyl (C=O) groups is 4. The zero-order valence-electron chi connectivity index (χ0n) is 34.3. The highest BCUT2D eigenvalue weighted by atomic mass is 16.5. The van der Waals surface area contributed by atoms with Gasteiger partial charge in [-0.3, -0.25) is 9.59 Å². The predicted octanol–water partition coefficient (Wildman–Crippen LogP) is 6.59. The number of ether oxygens (including phenoxy) is 2. The number of imidazole rings is 2. The first-order valence-corrected chi connectivity index (χ1v) is 20.0.